The molecule has 1 aliphatic heterocycles. The maximum atomic E-state index is 12.8. The number of halogens is 1. The number of sulfonamides is 1. The van der Waals surface area contributed by atoms with Gasteiger partial charge in [0.1, 0.15) is 4.90 Å². The van der Waals surface area contributed by atoms with Gasteiger partial charge in [0, 0.05) is 37.1 Å². The molecule has 1 atom stereocenters. The summed E-state index contributed by atoms with van der Waals surface area (Å²) in [6.45, 7) is 4.72. The molecule has 2 heterocycles. The van der Waals surface area contributed by atoms with Crippen molar-refractivity contribution in [2.45, 2.75) is 24.4 Å². The normalized spacial score (nSPS) is 22.3. The van der Waals surface area contributed by atoms with Crippen molar-refractivity contribution in [3.8, 4) is 0 Å². The number of likely N-dealkylation sites (N-methyl/N-ethyl adjacent to an activating group) is 1. The summed E-state index contributed by atoms with van der Waals surface area (Å²) in [5, 5.41) is 3.04. The summed E-state index contributed by atoms with van der Waals surface area (Å²) in [5.74, 6) is 0. The topological polar surface area (TPSA) is 52.7 Å². The molecule has 0 bridgehead atoms. The second-order valence-electron chi connectivity index (χ2n) is 5.11. The molecule has 1 fully saturated rings. The van der Waals surface area contributed by atoms with Crippen molar-refractivity contribution in [3.05, 3.63) is 14.7 Å². The number of piperazine rings is 1. The second kappa shape index (κ2) is 6.41. The lowest BCUT2D eigenvalue weighted by Crippen LogP contribution is -2.52. The van der Waals surface area contributed by atoms with Gasteiger partial charge in [-0.15, -0.1) is 11.3 Å². The van der Waals surface area contributed by atoms with E-state index in [9.17, 15) is 8.42 Å². The van der Waals surface area contributed by atoms with Gasteiger partial charge in [-0.1, -0.05) is 0 Å². The van der Waals surface area contributed by atoms with E-state index in [1.807, 2.05) is 21.0 Å². The van der Waals surface area contributed by atoms with Crippen LogP contribution in [0.2, 0.25) is 0 Å². The zero-order chi connectivity index (χ0) is 14.9. The van der Waals surface area contributed by atoms with Gasteiger partial charge in [0.05, 0.1) is 3.79 Å². The van der Waals surface area contributed by atoms with Crippen LogP contribution < -0.4 is 5.32 Å². The van der Waals surface area contributed by atoms with Crippen molar-refractivity contribution in [2.24, 2.45) is 0 Å². The minimum Gasteiger partial charge on any atom is -0.315 e. The molecule has 1 saturated heterocycles. The van der Waals surface area contributed by atoms with Gasteiger partial charge in [0.15, 0.2) is 0 Å². The third-order valence-corrected chi connectivity index (χ3v) is 7.68. The molecule has 114 valence electrons. The molecule has 1 aromatic heterocycles. The van der Waals surface area contributed by atoms with Crippen molar-refractivity contribution in [3.63, 3.8) is 0 Å². The van der Waals surface area contributed by atoms with E-state index in [1.54, 1.807) is 10.4 Å². The lowest BCUT2D eigenvalue weighted by atomic mass is 10.2. The first-order valence-electron chi connectivity index (χ1n) is 6.49. The Balaban J connectivity index is 2.30. The molecule has 1 aromatic rings. The summed E-state index contributed by atoms with van der Waals surface area (Å²) in [5.41, 5.74) is 0. The maximum Gasteiger partial charge on any atom is 0.245 e. The number of hydrogen-bond donors (Lipinski definition) is 1. The standard InChI is InChI=1S/C12H20BrN3O2S2/c1-9-8-15(3)4-5-16(9)20(17,18)11-6-10(7-14-2)19-12(11)13/h6,9,14H,4-5,7-8H2,1-3H3. The molecule has 0 saturated carbocycles. The second-order valence-corrected chi connectivity index (χ2v) is 9.42. The van der Waals surface area contributed by atoms with E-state index in [2.05, 4.69) is 26.1 Å². The third-order valence-electron chi connectivity index (χ3n) is 3.41. The highest BCUT2D eigenvalue weighted by Crippen LogP contribution is 2.34. The summed E-state index contributed by atoms with van der Waals surface area (Å²) in [6.07, 6.45) is 0. The van der Waals surface area contributed by atoms with Gasteiger partial charge in [-0.25, -0.2) is 8.42 Å². The van der Waals surface area contributed by atoms with Gasteiger partial charge in [-0.05, 0) is 43.0 Å². The lowest BCUT2D eigenvalue weighted by Gasteiger charge is -2.37. The van der Waals surface area contributed by atoms with Crippen molar-refractivity contribution < 1.29 is 8.42 Å². The summed E-state index contributed by atoms with van der Waals surface area (Å²) in [7, 11) is 0.451. The minimum absolute atomic E-state index is 0.00157. The van der Waals surface area contributed by atoms with Crippen LogP contribution in [-0.2, 0) is 16.6 Å². The Morgan fingerprint density at radius 1 is 1.50 bits per heavy atom. The highest BCUT2D eigenvalue weighted by Gasteiger charge is 2.34. The maximum absolute atomic E-state index is 12.8. The molecule has 0 aromatic carbocycles. The minimum atomic E-state index is -3.42. The Labute approximate surface area is 133 Å². The molecule has 5 nitrogen and oxygen atoms in total. The summed E-state index contributed by atoms with van der Waals surface area (Å²) < 4.78 is 27.9. The number of nitrogens with zero attached hydrogens (tertiary/aromatic N) is 2. The van der Waals surface area contributed by atoms with Crippen LogP contribution in [0.4, 0.5) is 0 Å². The molecular weight excluding hydrogens is 362 g/mol. The van der Waals surface area contributed by atoms with E-state index in [1.165, 1.54) is 11.3 Å². The molecule has 0 aliphatic carbocycles. The van der Waals surface area contributed by atoms with Gasteiger partial charge in [-0.3, -0.25) is 0 Å². The first-order chi connectivity index (χ1) is 9.36. The van der Waals surface area contributed by atoms with Gasteiger partial charge < -0.3 is 10.2 Å². The van der Waals surface area contributed by atoms with E-state index in [4.69, 9.17) is 0 Å². The lowest BCUT2D eigenvalue weighted by molar-refractivity contribution is 0.170. The Morgan fingerprint density at radius 3 is 2.80 bits per heavy atom. The van der Waals surface area contributed by atoms with Crippen LogP contribution in [-0.4, -0.2) is 57.4 Å². The summed E-state index contributed by atoms with van der Waals surface area (Å²) in [4.78, 5) is 3.56. The van der Waals surface area contributed by atoms with E-state index in [-0.39, 0.29) is 6.04 Å². The van der Waals surface area contributed by atoms with Gasteiger partial charge in [0.25, 0.3) is 0 Å². The third kappa shape index (κ3) is 3.26. The quantitative estimate of drug-likeness (QED) is 0.859. The fourth-order valence-corrected chi connectivity index (χ4v) is 6.70. The molecule has 1 N–H and O–H groups in total. The summed E-state index contributed by atoms with van der Waals surface area (Å²) in [6, 6.07) is 1.77. The van der Waals surface area contributed by atoms with Crippen molar-refractivity contribution in [1.82, 2.24) is 14.5 Å². The number of hydrogen-bond acceptors (Lipinski definition) is 5. The number of rotatable bonds is 4. The van der Waals surface area contributed by atoms with Crippen LogP contribution >= 0.6 is 27.3 Å². The smallest absolute Gasteiger partial charge is 0.245 e. The van der Waals surface area contributed by atoms with Crippen LogP contribution in [0.15, 0.2) is 14.7 Å². The zero-order valence-electron chi connectivity index (χ0n) is 11.9. The van der Waals surface area contributed by atoms with Crippen LogP contribution in [0.1, 0.15) is 11.8 Å². The highest BCUT2D eigenvalue weighted by atomic mass is 79.9. The van der Waals surface area contributed by atoms with Crippen molar-refractivity contribution in [1.29, 1.82) is 0 Å². The van der Waals surface area contributed by atoms with Crippen molar-refractivity contribution in [2.75, 3.05) is 33.7 Å². The fraction of sp³-hybridized carbons (Fsp3) is 0.667. The average molecular weight is 382 g/mol. The Bertz CT molecular complexity index is 573. The van der Waals surface area contributed by atoms with E-state index in [0.717, 1.165) is 18.0 Å². The van der Waals surface area contributed by atoms with Gasteiger partial charge in [-0.2, -0.15) is 4.31 Å². The summed E-state index contributed by atoms with van der Waals surface area (Å²) >= 11 is 4.87. The first kappa shape index (κ1) is 16.4. The SMILES string of the molecule is CNCc1cc(S(=O)(=O)N2CCN(C)CC2C)c(Br)s1. The molecule has 0 radical (unpaired) electrons. The van der Waals surface area contributed by atoms with Crippen LogP contribution in [0, 0.1) is 0 Å². The zero-order valence-corrected chi connectivity index (χ0v) is 15.1. The molecule has 1 unspecified atom stereocenters. The Morgan fingerprint density at radius 2 is 2.20 bits per heavy atom. The molecule has 2 rings (SSSR count). The van der Waals surface area contributed by atoms with Crippen LogP contribution in [0.5, 0.6) is 0 Å². The predicted molar refractivity (Wildman–Crippen MR) is 85.6 cm³/mol. The average Bonchev–Trinajstić information content (AvgIpc) is 2.71. The van der Waals surface area contributed by atoms with Gasteiger partial charge in [0.2, 0.25) is 10.0 Å². The number of nitrogens with one attached hydrogen (secondary N) is 1. The van der Waals surface area contributed by atoms with Crippen LogP contribution in [0.3, 0.4) is 0 Å². The largest absolute Gasteiger partial charge is 0.315 e. The molecule has 8 heteroatoms. The predicted octanol–water partition coefficient (Wildman–Crippen LogP) is 1.55. The van der Waals surface area contributed by atoms with E-state index in [0.29, 0.717) is 21.8 Å². The molecule has 0 spiro atoms. The first-order valence-corrected chi connectivity index (χ1v) is 9.54. The van der Waals surface area contributed by atoms with E-state index >= 15 is 0 Å². The monoisotopic (exact) mass is 381 g/mol. The van der Waals surface area contributed by atoms with Gasteiger partial charge >= 0.3 is 0 Å². The fourth-order valence-electron chi connectivity index (χ4n) is 2.44. The molecule has 0 amide bonds. The number of thiophene rings is 1. The van der Waals surface area contributed by atoms with Crippen molar-refractivity contribution >= 4 is 37.3 Å². The Hall–Kier alpha value is 0.01000. The molecular formula is C12H20BrN3O2S2. The molecule has 1 aliphatic rings. The van der Waals surface area contributed by atoms with E-state index < -0.39 is 10.0 Å². The van der Waals surface area contributed by atoms with Crippen LogP contribution in [0.25, 0.3) is 0 Å². The highest BCUT2D eigenvalue weighted by molar-refractivity contribution is 9.11. The molecule has 20 heavy (non-hydrogen) atoms. The Kier molecular flexibility index (Phi) is 5.25.